The number of carbonyl (C=O) groups is 1. The second kappa shape index (κ2) is 5.64. The molecular formula is C18H21FIN3O2. The maximum absolute atomic E-state index is 14.2. The van der Waals surface area contributed by atoms with Gasteiger partial charge in [0.15, 0.2) is 11.5 Å². The first kappa shape index (κ1) is 17.2. The van der Waals surface area contributed by atoms with Gasteiger partial charge in [0.05, 0.1) is 6.10 Å². The normalized spacial score (nSPS) is 34.1. The minimum atomic E-state index is -1.02. The molecule has 1 aliphatic heterocycles. The molecule has 1 aromatic carbocycles. The first-order valence-electron chi connectivity index (χ1n) is 8.49. The minimum absolute atomic E-state index is 0.0953. The Hall–Kier alpha value is -1.22. The van der Waals surface area contributed by atoms with E-state index in [4.69, 9.17) is 15.5 Å². The molecule has 134 valence electrons. The Kier molecular flexibility index (Phi) is 3.88. The Morgan fingerprint density at radius 1 is 1.40 bits per heavy atom. The quantitative estimate of drug-likeness (QED) is 0.660. The average molecular weight is 457 g/mol. The lowest BCUT2D eigenvalue weighted by Gasteiger charge is -2.45. The molecular weight excluding hydrogens is 436 g/mol. The van der Waals surface area contributed by atoms with Gasteiger partial charge in [-0.3, -0.25) is 9.69 Å². The third-order valence-electron chi connectivity index (χ3n) is 6.30. The van der Waals surface area contributed by atoms with Gasteiger partial charge in [-0.05, 0) is 78.0 Å². The molecule has 1 unspecified atom stereocenters. The zero-order valence-electron chi connectivity index (χ0n) is 14.3. The number of nitrogens with zero attached hydrogens (tertiary/aromatic N) is 2. The molecule has 5 nitrogen and oxygen atoms in total. The van der Waals surface area contributed by atoms with Crippen molar-refractivity contribution in [2.75, 3.05) is 14.2 Å². The Morgan fingerprint density at radius 2 is 2.08 bits per heavy atom. The summed E-state index contributed by atoms with van der Waals surface area (Å²) in [6, 6.07) is 3.36. The maximum Gasteiger partial charge on any atom is 0.262 e. The fourth-order valence-corrected chi connectivity index (χ4v) is 5.40. The number of rotatable bonds is 1. The monoisotopic (exact) mass is 457 g/mol. The first-order valence-corrected chi connectivity index (χ1v) is 9.57. The van der Waals surface area contributed by atoms with Gasteiger partial charge in [0, 0.05) is 23.1 Å². The topological polar surface area (TPSA) is 67.9 Å². The second-order valence-electron chi connectivity index (χ2n) is 7.36. The summed E-state index contributed by atoms with van der Waals surface area (Å²) < 4.78 is 20.2. The van der Waals surface area contributed by atoms with Gasteiger partial charge in [-0.25, -0.2) is 9.38 Å². The highest BCUT2D eigenvalue weighted by molar-refractivity contribution is 14.1. The van der Waals surface area contributed by atoms with Crippen LogP contribution in [0.4, 0.5) is 4.39 Å². The molecule has 0 radical (unpaired) electrons. The van der Waals surface area contributed by atoms with Gasteiger partial charge < -0.3 is 10.5 Å². The van der Waals surface area contributed by atoms with Gasteiger partial charge in [-0.15, -0.1) is 0 Å². The van der Waals surface area contributed by atoms with Crippen molar-refractivity contribution in [3.63, 3.8) is 0 Å². The number of fused-ring (bicyclic) bond motifs is 3. The molecule has 2 N–H and O–H groups in total. The van der Waals surface area contributed by atoms with Gasteiger partial charge >= 0.3 is 0 Å². The molecule has 1 fully saturated rings. The Balaban J connectivity index is 1.91. The number of aliphatic imine (C=N–C) groups is 1. The largest absolute Gasteiger partial charge is 0.381 e. The number of halogens is 2. The van der Waals surface area contributed by atoms with E-state index in [-0.39, 0.29) is 29.2 Å². The Labute approximate surface area is 159 Å². The first-order chi connectivity index (χ1) is 11.8. The lowest BCUT2D eigenvalue weighted by molar-refractivity contribution is -0.137. The van der Waals surface area contributed by atoms with E-state index in [1.54, 1.807) is 26.3 Å². The molecule has 0 bridgehead atoms. The van der Waals surface area contributed by atoms with Crippen molar-refractivity contribution in [3.8, 4) is 0 Å². The number of ether oxygens (including phenoxy) is 1. The van der Waals surface area contributed by atoms with E-state index >= 15 is 0 Å². The van der Waals surface area contributed by atoms with Crippen LogP contribution in [0.15, 0.2) is 17.1 Å². The number of likely N-dealkylation sites (N-methyl/N-ethyl adjacent to an activating group) is 1. The lowest BCUT2D eigenvalue weighted by atomic mass is 9.61. The van der Waals surface area contributed by atoms with E-state index in [0.717, 1.165) is 36.8 Å². The van der Waals surface area contributed by atoms with Crippen molar-refractivity contribution in [1.29, 1.82) is 0 Å². The van der Waals surface area contributed by atoms with Gasteiger partial charge in [0.1, 0.15) is 5.82 Å². The van der Waals surface area contributed by atoms with Crippen LogP contribution in [0.5, 0.6) is 0 Å². The number of carbonyl (C=O) groups excluding carboxylic acids is 1. The van der Waals surface area contributed by atoms with Gasteiger partial charge in [-0.2, -0.15) is 0 Å². The maximum atomic E-state index is 14.2. The summed E-state index contributed by atoms with van der Waals surface area (Å²) >= 11 is 1.97. The third kappa shape index (κ3) is 2.14. The van der Waals surface area contributed by atoms with Crippen LogP contribution in [0, 0.1) is 14.8 Å². The number of methoxy groups -OCH3 is 1. The van der Waals surface area contributed by atoms with Crippen LogP contribution in [-0.4, -0.2) is 37.0 Å². The number of nitrogens with two attached hydrogens (primary N) is 1. The number of hydrogen-bond acceptors (Lipinski definition) is 4. The van der Waals surface area contributed by atoms with E-state index < -0.39 is 5.54 Å². The van der Waals surface area contributed by atoms with Crippen molar-refractivity contribution >= 4 is 34.5 Å². The minimum Gasteiger partial charge on any atom is -0.381 e. The number of hydrogen-bond donors (Lipinski definition) is 1. The van der Waals surface area contributed by atoms with Gasteiger partial charge in [-0.1, -0.05) is 0 Å². The second-order valence-corrected chi connectivity index (χ2v) is 8.52. The summed E-state index contributed by atoms with van der Waals surface area (Å²) in [6.07, 6.45) is 4.24. The predicted molar refractivity (Wildman–Crippen MR) is 101 cm³/mol. The fourth-order valence-electron chi connectivity index (χ4n) is 4.93. The molecule has 1 heterocycles. The zero-order chi connectivity index (χ0) is 18.0. The smallest absolute Gasteiger partial charge is 0.262 e. The lowest BCUT2D eigenvalue weighted by Crippen LogP contribution is -2.51. The molecule has 1 atom stereocenters. The summed E-state index contributed by atoms with van der Waals surface area (Å²) in [5, 5.41) is 0. The number of benzene rings is 1. The highest BCUT2D eigenvalue weighted by Crippen LogP contribution is 2.62. The van der Waals surface area contributed by atoms with Crippen LogP contribution in [0.25, 0.3) is 0 Å². The van der Waals surface area contributed by atoms with Crippen LogP contribution in [0.3, 0.4) is 0 Å². The summed E-state index contributed by atoms with van der Waals surface area (Å²) in [4.78, 5) is 19.5. The molecule has 25 heavy (non-hydrogen) atoms. The van der Waals surface area contributed by atoms with E-state index in [1.807, 2.05) is 22.6 Å². The van der Waals surface area contributed by atoms with Gasteiger partial charge in [0.25, 0.3) is 5.91 Å². The van der Waals surface area contributed by atoms with Gasteiger partial charge in [0.2, 0.25) is 0 Å². The highest BCUT2D eigenvalue weighted by atomic mass is 127. The zero-order valence-corrected chi connectivity index (χ0v) is 16.5. The molecule has 1 saturated carbocycles. The van der Waals surface area contributed by atoms with Crippen molar-refractivity contribution < 1.29 is 13.9 Å². The van der Waals surface area contributed by atoms with Crippen LogP contribution in [-0.2, 0) is 21.5 Å². The Bertz CT molecular complexity index is 789. The predicted octanol–water partition coefficient (Wildman–Crippen LogP) is 2.54. The number of amides is 1. The van der Waals surface area contributed by atoms with E-state index in [9.17, 15) is 9.18 Å². The van der Waals surface area contributed by atoms with Crippen LogP contribution in [0.2, 0.25) is 0 Å². The number of guanidine groups is 1. The highest BCUT2D eigenvalue weighted by Gasteiger charge is 2.66. The SMILES string of the molecule is COC1CCC2(CC1)Cc1cc(F)c(I)cc1C21N=C(N)N(C)C1=O. The molecule has 1 amide bonds. The third-order valence-corrected chi connectivity index (χ3v) is 7.12. The molecule has 0 saturated heterocycles. The molecule has 2 aliphatic carbocycles. The van der Waals surface area contributed by atoms with Crippen molar-refractivity contribution in [2.45, 2.75) is 43.7 Å². The van der Waals surface area contributed by atoms with E-state index in [0.29, 0.717) is 9.99 Å². The fraction of sp³-hybridized carbons (Fsp3) is 0.556. The van der Waals surface area contributed by atoms with Crippen LogP contribution < -0.4 is 5.73 Å². The summed E-state index contributed by atoms with van der Waals surface area (Å²) in [7, 11) is 3.39. The molecule has 3 aliphatic rings. The summed E-state index contributed by atoms with van der Waals surface area (Å²) in [5.74, 6) is -0.0969. The van der Waals surface area contributed by atoms with E-state index in [2.05, 4.69) is 0 Å². The molecule has 0 aromatic heterocycles. The molecule has 2 spiro atoms. The molecule has 4 rings (SSSR count). The van der Waals surface area contributed by atoms with Crippen LogP contribution in [0.1, 0.15) is 36.8 Å². The summed E-state index contributed by atoms with van der Waals surface area (Å²) in [5.41, 5.74) is 6.38. The standard InChI is InChI=1S/C18H21FIN3O2/c1-23-15(24)18(22-16(23)21)12-8-14(20)13(19)7-10(12)9-17(18)5-3-11(25-2)4-6-17/h7-8,11H,3-6,9H2,1-2H3,(H2,21,22). The van der Waals surface area contributed by atoms with Crippen molar-refractivity contribution in [2.24, 2.45) is 16.1 Å². The summed E-state index contributed by atoms with van der Waals surface area (Å²) in [6.45, 7) is 0. The molecule has 7 heteroatoms. The Morgan fingerprint density at radius 3 is 2.64 bits per heavy atom. The van der Waals surface area contributed by atoms with Crippen molar-refractivity contribution in [1.82, 2.24) is 4.90 Å². The van der Waals surface area contributed by atoms with Crippen LogP contribution >= 0.6 is 22.6 Å². The average Bonchev–Trinajstić information content (AvgIpc) is 2.97. The van der Waals surface area contributed by atoms with E-state index in [1.165, 1.54) is 4.90 Å². The molecule has 1 aromatic rings. The van der Waals surface area contributed by atoms with Crippen molar-refractivity contribution in [3.05, 3.63) is 32.6 Å².